The van der Waals surface area contributed by atoms with Crippen molar-refractivity contribution in [3.63, 3.8) is 0 Å². The van der Waals surface area contributed by atoms with Crippen LogP contribution in [-0.4, -0.2) is 0 Å². The van der Waals surface area contributed by atoms with Gasteiger partial charge in [0, 0.05) is 0 Å². The third kappa shape index (κ3) is 2.55. The smallest absolute Gasteiger partial charge is 0.0159 e. The van der Waals surface area contributed by atoms with E-state index < -0.39 is 0 Å². The zero-order chi connectivity index (χ0) is 11.4. The van der Waals surface area contributed by atoms with E-state index in [1.807, 2.05) is 0 Å². The van der Waals surface area contributed by atoms with Gasteiger partial charge < -0.3 is 0 Å². The van der Waals surface area contributed by atoms with Crippen LogP contribution in [0.3, 0.4) is 0 Å². The van der Waals surface area contributed by atoms with E-state index in [0.717, 1.165) is 11.8 Å². The summed E-state index contributed by atoms with van der Waals surface area (Å²) in [4.78, 5) is 0. The van der Waals surface area contributed by atoms with Crippen LogP contribution in [0.1, 0.15) is 49.1 Å². The van der Waals surface area contributed by atoms with Gasteiger partial charge in [0.05, 0.1) is 0 Å². The summed E-state index contributed by atoms with van der Waals surface area (Å²) in [6.45, 7) is 6.09. The van der Waals surface area contributed by atoms with Gasteiger partial charge in [-0.15, -0.1) is 6.58 Å². The first-order chi connectivity index (χ1) is 7.81. The van der Waals surface area contributed by atoms with E-state index in [1.54, 1.807) is 5.56 Å². The normalized spacial score (nSPS) is 25.3. The van der Waals surface area contributed by atoms with Crippen LogP contribution < -0.4 is 0 Å². The molecule has 0 nitrogen and oxygen atoms in total. The summed E-state index contributed by atoms with van der Waals surface area (Å²) < 4.78 is 0. The van der Waals surface area contributed by atoms with Gasteiger partial charge in [-0.05, 0) is 62.0 Å². The Labute approximate surface area is 99.4 Å². The molecule has 86 valence electrons. The Kier molecular flexibility index (Phi) is 3.82. The molecule has 0 bridgehead atoms. The van der Waals surface area contributed by atoms with E-state index in [4.69, 9.17) is 0 Å². The fraction of sp³-hybridized carbons (Fsp3) is 0.500. The quantitative estimate of drug-likeness (QED) is 0.631. The SMILES string of the molecule is C=CCC1CCC(c2ccccc2C)CC1. The first kappa shape index (κ1) is 11.4. The predicted molar refractivity (Wildman–Crippen MR) is 70.7 cm³/mol. The average Bonchev–Trinajstić information content (AvgIpc) is 2.31. The number of hydrogen-bond acceptors (Lipinski definition) is 0. The molecule has 0 amide bonds. The molecule has 2 rings (SSSR count). The highest BCUT2D eigenvalue weighted by Gasteiger charge is 2.22. The molecule has 1 saturated carbocycles. The molecule has 0 aromatic heterocycles. The fourth-order valence-electron chi connectivity index (χ4n) is 2.99. The zero-order valence-electron chi connectivity index (χ0n) is 10.3. The van der Waals surface area contributed by atoms with Crippen molar-refractivity contribution in [1.82, 2.24) is 0 Å². The van der Waals surface area contributed by atoms with E-state index in [1.165, 1.54) is 37.7 Å². The lowest BCUT2D eigenvalue weighted by Crippen LogP contribution is -2.13. The molecule has 1 aliphatic carbocycles. The van der Waals surface area contributed by atoms with Crippen molar-refractivity contribution in [2.45, 2.75) is 44.9 Å². The summed E-state index contributed by atoms with van der Waals surface area (Å²) in [6, 6.07) is 8.87. The second-order valence-corrected chi connectivity index (χ2v) is 5.10. The molecule has 1 aliphatic rings. The molecule has 0 heteroatoms. The van der Waals surface area contributed by atoms with Gasteiger partial charge in [-0.1, -0.05) is 30.3 Å². The Morgan fingerprint density at radius 1 is 1.19 bits per heavy atom. The highest BCUT2D eigenvalue weighted by atomic mass is 14.3. The maximum Gasteiger partial charge on any atom is -0.0159 e. The monoisotopic (exact) mass is 214 g/mol. The summed E-state index contributed by atoms with van der Waals surface area (Å²) in [6.07, 6.45) is 8.78. The molecular weight excluding hydrogens is 192 g/mol. The first-order valence-electron chi connectivity index (χ1n) is 6.47. The summed E-state index contributed by atoms with van der Waals surface area (Å²) in [5.41, 5.74) is 3.05. The third-order valence-electron chi connectivity index (χ3n) is 3.98. The topological polar surface area (TPSA) is 0 Å². The van der Waals surface area contributed by atoms with Gasteiger partial charge in [-0.2, -0.15) is 0 Å². The van der Waals surface area contributed by atoms with Crippen LogP contribution in [0.15, 0.2) is 36.9 Å². The highest BCUT2D eigenvalue weighted by molar-refractivity contribution is 5.29. The lowest BCUT2D eigenvalue weighted by Gasteiger charge is -2.29. The largest absolute Gasteiger partial charge is 0.103 e. The Hall–Kier alpha value is -1.04. The molecular formula is C16H22. The Bertz CT molecular complexity index is 343. The minimum Gasteiger partial charge on any atom is -0.103 e. The van der Waals surface area contributed by atoms with Crippen LogP contribution in [0.2, 0.25) is 0 Å². The number of rotatable bonds is 3. The van der Waals surface area contributed by atoms with Gasteiger partial charge in [-0.3, -0.25) is 0 Å². The first-order valence-corrected chi connectivity index (χ1v) is 6.47. The minimum atomic E-state index is 0.808. The lowest BCUT2D eigenvalue weighted by atomic mass is 9.76. The molecule has 0 radical (unpaired) electrons. The van der Waals surface area contributed by atoms with E-state index >= 15 is 0 Å². The summed E-state index contributed by atoms with van der Waals surface area (Å²) >= 11 is 0. The van der Waals surface area contributed by atoms with Crippen LogP contribution in [0.25, 0.3) is 0 Å². The molecule has 0 spiro atoms. The van der Waals surface area contributed by atoms with E-state index in [2.05, 4.69) is 43.8 Å². The molecule has 1 aromatic carbocycles. The number of aryl methyl sites for hydroxylation is 1. The molecule has 0 saturated heterocycles. The van der Waals surface area contributed by atoms with Crippen molar-refractivity contribution < 1.29 is 0 Å². The number of hydrogen-bond donors (Lipinski definition) is 0. The Morgan fingerprint density at radius 3 is 2.50 bits per heavy atom. The van der Waals surface area contributed by atoms with Crippen molar-refractivity contribution in [3.8, 4) is 0 Å². The molecule has 1 aromatic rings. The molecule has 1 fully saturated rings. The summed E-state index contributed by atoms with van der Waals surface area (Å²) in [5, 5.41) is 0. The van der Waals surface area contributed by atoms with E-state index in [-0.39, 0.29) is 0 Å². The highest BCUT2D eigenvalue weighted by Crippen LogP contribution is 2.38. The van der Waals surface area contributed by atoms with Crippen LogP contribution in [0, 0.1) is 12.8 Å². The van der Waals surface area contributed by atoms with E-state index in [9.17, 15) is 0 Å². The second kappa shape index (κ2) is 5.34. The van der Waals surface area contributed by atoms with Crippen molar-refractivity contribution in [1.29, 1.82) is 0 Å². The van der Waals surface area contributed by atoms with Gasteiger partial charge >= 0.3 is 0 Å². The van der Waals surface area contributed by atoms with Gasteiger partial charge in [-0.25, -0.2) is 0 Å². The molecule has 0 heterocycles. The van der Waals surface area contributed by atoms with Crippen molar-refractivity contribution >= 4 is 0 Å². The fourth-order valence-corrected chi connectivity index (χ4v) is 2.99. The lowest BCUT2D eigenvalue weighted by molar-refractivity contribution is 0.328. The predicted octanol–water partition coefficient (Wildman–Crippen LogP) is 4.84. The molecule has 0 atom stereocenters. The van der Waals surface area contributed by atoms with Crippen LogP contribution in [-0.2, 0) is 0 Å². The zero-order valence-corrected chi connectivity index (χ0v) is 10.3. The minimum absolute atomic E-state index is 0.808. The van der Waals surface area contributed by atoms with E-state index in [0.29, 0.717) is 0 Å². The second-order valence-electron chi connectivity index (χ2n) is 5.10. The average molecular weight is 214 g/mol. The number of benzene rings is 1. The van der Waals surface area contributed by atoms with Gasteiger partial charge in [0.2, 0.25) is 0 Å². The van der Waals surface area contributed by atoms with Gasteiger partial charge in [0.25, 0.3) is 0 Å². The van der Waals surface area contributed by atoms with Gasteiger partial charge in [0.15, 0.2) is 0 Å². The number of allylic oxidation sites excluding steroid dienone is 1. The van der Waals surface area contributed by atoms with Crippen molar-refractivity contribution in [2.24, 2.45) is 5.92 Å². The molecule has 16 heavy (non-hydrogen) atoms. The van der Waals surface area contributed by atoms with Crippen LogP contribution >= 0.6 is 0 Å². The Morgan fingerprint density at radius 2 is 1.88 bits per heavy atom. The van der Waals surface area contributed by atoms with Crippen molar-refractivity contribution in [2.75, 3.05) is 0 Å². The molecule has 0 aliphatic heterocycles. The maximum absolute atomic E-state index is 3.85. The van der Waals surface area contributed by atoms with Crippen LogP contribution in [0.4, 0.5) is 0 Å². The summed E-state index contributed by atoms with van der Waals surface area (Å²) in [5.74, 6) is 1.71. The van der Waals surface area contributed by atoms with Gasteiger partial charge in [0.1, 0.15) is 0 Å². The van der Waals surface area contributed by atoms with Crippen molar-refractivity contribution in [3.05, 3.63) is 48.0 Å². The molecule has 0 N–H and O–H groups in total. The summed E-state index contributed by atoms with van der Waals surface area (Å²) in [7, 11) is 0. The maximum atomic E-state index is 3.85. The van der Waals surface area contributed by atoms with Crippen LogP contribution in [0.5, 0.6) is 0 Å². The third-order valence-corrected chi connectivity index (χ3v) is 3.98. The Balaban J connectivity index is 1.99. The standard InChI is InChI=1S/C16H22/c1-3-6-14-9-11-15(12-10-14)16-8-5-4-7-13(16)2/h3-5,7-8,14-15H,1,6,9-12H2,2H3. The molecule has 0 unspecified atom stereocenters.